The van der Waals surface area contributed by atoms with Crippen LogP contribution in [0.5, 0.6) is 11.5 Å². The minimum atomic E-state index is -3.80. The molecule has 0 aliphatic carbocycles. The summed E-state index contributed by atoms with van der Waals surface area (Å²) in [6, 6.07) is 29.9. The van der Waals surface area contributed by atoms with Crippen LogP contribution in [0.1, 0.15) is 11.1 Å². The Morgan fingerprint density at radius 3 is 2.36 bits per heavy atom. The largest absolute Gasteiger partial charge is 0.483 e. The van der Waals surface area contributed by atoms with E-state index in [4.69, 9.17) is 9.47 Å². The third kappa shape index (κ3) is 6.90. The molecular formula is C32H31N3O6S. The lowest BCUT2D eigenvalue weighted by Gasteiger charge is -2.34. The second-order valence-corrected chi connectivity index (χ2v) is 11.5. The zero-order valence-electron chi connectivity index (χ0n) is 23.0. The van der Waals surface area contributed by atoms with Crippen molar-refractivity contribution < 1.29 is 27.5 Å². The van der Waals surface area contributed by atoms with Crippen LogP contribution in [0.25, 0.3) is 0 Å². The van der Waals surface area contributed by atoms with E-state index in [1.807, 2.05) is 30.3 Å². The number of amides is 2. The van der Waals surface area contributed by atoms with Crippen molar-refractivity contribution in [2.75, 3.05) is 29.3 Å². The van der Waals surface area contributed by atoms with Crippen molar-refractivity contribution in [3.63, 3.8) is 0 Å². The van der Waals surface area contributed by atoms with Crippen LogP contribution in [-0.2, 0) is 26.0 Å². The summed E-state index contributed by atoms with van der Waals surface area (Å²) >= 11 is 0. The molecule has 2 amide bonds. The molecule has 0 saturated heterocycles. The maximum Gasteiger partial charge on any atom is 0.265 e. The van der Waals surface area contributed by atoms with E-state index in [1.54, 1.807) is 61.5 Å². The molecule has 0 aromatic heterocycles. The number of aryl methyl sites for hydroxylation is 1. The molecule has 0 saturated carbocycles. The molecule has 1 aliphatic heterocycles. The summed E-state index contributed by atoms with van der Waals surface area (Å²) in [5, 5.41) is 2.90. The topological polar surface area (TPSA) is 114 Å². The number of ether oxygens (including phenoxy) is 2. The number of anilines is 2. The van der Waals surface area contributed by atoms with Gasteiger partial charge in [0.25, 0.3) is 21.8 Å². The second-order valence-electron chi connectivity index (χ2n) is 9.79. The van der Waals surface area contributed by atoms with Crippen molar-refractivity contribution in [2.24, 2.45) is 0 Å². The molecule has 2 N–H and O–H groups in total. The highest BCUT2D eigenvalue weighted by Crippen LogP contribution is 2.33. The van der Waals surface area contributed by atoms with Gasteiger partial charge in [-0.05, 0) is 66.9 Å². The molecule has 0 fully saturated rings. The monoisotopic (exact) mass is 585 g/mol. The van der Waals surface area contributed by atoms with Crippen molar-refractivity contribution in [1.82, 2.24) is 5.32 Å². The zero-order chi connectivity index (χ0) is 29.5. The third-order valence-electron chi connectivity index (χ3n) is 6.76. The lowest BCUT2D eigenvalue weighted by Crippen LogP contribution is -2.52. The summed E-state index contributed by atoms with van der Waals surface area (Å²) < 4.78 is 39.9. The Balaban J connectivity index is 1.22. The van der Waals surface area contributed by atoms with Gasteiger partial charge in [-0.3, -0.25) is 14.3 Å². The van der Waals surface area contributed by atoms with Crippen LogP contribution in [0, 0.1) is 6.92 Å². The summed E-state index contributed by atoms with van der Waals surface area (Å²) in [6.45, 7) is 1.86. The molecule has 5 rings (SSSR count). The van der Waals surface area contributed by atoms with Crippen LogP contribution >= 0.6 is 0 Å². The van der Waals surface area contributed by atoms with Gasteiger partial charge in [0.05, 0.1) is 17.1 Å². The standard InChI is InChI=1S/C32H31N3O6S/c1-23-20-26(42(38,39)34-25-12-6-3-7-13-25)16-17-28(23)40-22-31(36)35-21-30(41-29-15-9-8-14-27(29)35)32(37)33-19-18-24-10-4-2-5-11-24/h2-17,20,30,34H,18-19,21-22H2,1H3,(H,33,37)/t30-/m1/s1. The molecule has 0 spiro atoms. The number of fused-ring (bicyclic) bond motifs is 1. The fourth-order valence-corrected chi connectivity index (χ4v) is 5.73. The molecule has 0 unspecified atom stereocenters. The number of hydrogen-bond acceptors (Lipinski definition) is 6. The predicted octanol–water partition coefficient (Wildman–Crippen LogP) is 4.33. The molecule has 216 valence electrons. The fourth-order valence-electron chi connectivity index (χ4n) is 4.58. The van der Waals surface area contributed by atoms with E-state index in [9.17, 15) is 18.0 Å². The van der Waals surface area contributed by atoms with E-state index in [1.165, 1.54) is 23.1 Å². The molecule has 4 aromatic carbocycles. The lowest BCUT2D eigenvalue weighted by molar-refractivity contribution is -0.128. The summed E-state index contributed by atoms with van der Waals surface area (Å²) in [7, 11) is -3.80. The fraction of sp³-hybridized carbons (Fsp3) is 0.188. The van der Waals surface area contributed by atoms with Gasteiger partial charge in [-0.15, -0.1) is 0 Å². The van der Waals surface area contributed by atoms with E-state index < -0.39 is 16.1 Å². The number of para-hydroxylation sites is 3. The van der Waals surface area contributed by atoms with Crippen LogP contribution in [0.2, 0.25) is 0 Å². The second kappa shape index (κ2) is 12.8. The predicted molar refractivity (Wildman–Crippen MR) is 160 cm³/mol. The van der Waals surface area contributed by atoms with Gasteiger partial charge in [-0.1, -0.05) is 60.7 Å². The van der Waals surface area contributed by atoms with Crippen LogP contribution in [0.15, 0.2) is 108 Å². The first-order chi connectivity index (χ1) is 20.3. The van der Waals surface area contributed by atoms with Gasteiger partial charge in [0.1, 0.15) is 11.5 Å². The summed E-state index contributed by atoms with van der Waals surface area (Å²) in [4.78, 5) is 27.9. The average Bonchev–Trinajstić information content (AvgIpc) is 3.00. The minimum Gasteiger partial charge on any atom is -0.483 e. The van der Waals surface area contributed by atoms with Gasteiger partial charge in [0.15, 0.2) is 12.7 Å². The molecule has 10 heteroatoms. The molecule has 0 radical (unpaired) electrons. The zero-order valence-corrected chi connectivity index (χ0v) is 23.8. The maximum atomic E-state index is 13.3. The Hall–Kier alpha value is -4.83. The molecule has 1 aliphatic rings. The Kier molecular flexibility index (Phi) is 8.73. The van der Waals surface area contributed by atoms with Crippen molar-refractivity contribution >= 4 is 33.2 Å². The highest BCUT2D eigenvalue weighted by atomic mass is 32.2. The molecule has 0 bridgehead atoms. The van der Waals surface area contributed by atoms with Gasteiger partial charge in [0.2, 0.25) is 0 Å². The summed E-state index contributed by atoms with van der Waals surface area (Å²) in [5.41, 5.74) is 2.66. The van der Waals surface area contributed by atoms with Gasteiger partial charge >= 0.3 is 0 Å². The highest BCUT2D eigenvalue weighted by Gasteiger charge is 2.34. The van der Waals surface area contributed by atoms with Crippen LogP contribution < -0.4 is 24.4 Å². The Labute approximate surface area is 245 Å². The van der Waals surface area contributed by atoms with E-state index in [0.717, 1.165) is 5.56 Å². The average molecular weight is 586 g/mol. The van der Waals surface area contributed by atoms with E-state index in [0.29, 0.717) is 41.4 Å². The Morgan fingerprint density at radius 2 is 1.62 bits per heavy atom. The molecule has 1 heterocycles. The molecule has 1 atom stereocenters. The van der Waals surface area contributed by atoms with Crippen molar-refractivity contribution in [3.8, 4) is 11.5 Å². The molecule has 42 heavy (non-hydrogen) atoms. The van der Waals surface area contributed by atoms with Gasteiger partial charge < -0.3 is 19.7 Å². The first-order valence-corrected chi connectivity index (χ1v) is 15.0. The number of rotatable bonds is 10. The smallest absolute Gasteiger partial charge is 0.265 e. The quantitative estimate of drug-likeness (QED) is 0.287. The number of sulfonamides is 1. The summed E-state index contributed by atoms with van der Waals surface area (Å²) in [6.07, 6.45) is -0.211. The highest BCUT2D eigenvalue weighted by molar-refractivity contribution is 7.92. The van der Waals surface area contributed by atoms with Crippen LogP contribution in [0.3, 0.4) is 0 Å². The first-order valence-electron chi connectivity index (χ1n) is 13.5. The van der Waals surface area contributed by atoms with Gasteiger partial charge in [-0.25, -0.2) is 8.42 Å². The molecule has 4 aromatic rings. The summed E-state index contributed by atoms with van der Waals surface area (Å²) in [5.74, 6) is 0.126. The third-order valence-corrected chi connectivity index (χ3v) is 8.14. The first kappa shape index (κ1) is 28.7. The van der Waals surface area contributed by atoms with E-state index >= 15 is 0 Å². The van der Waals surface area contributed by atoms with E-state index in [-0.39, 0.29) is 29.9 Å². The number of hydrogen-bond donors (Lipinski definition) is 2. The van der Waals surface area contributed by atoms with Gasteiger partial charge in [-0.2, -0.15) is 0 Å². The number of carbonyl (C=O) groups is 2. The SMILES string of the molecule is Cc1cc(S(=O)(=O)Nc2ccccc2)ccc1OCC(=O)N1C[C@H](C(=O)NCCc2ccccc2)Oc2ccccc21. The normalized spacial score (nSPS) is 14.3. The number of carbonyl (C=O) groups excluding carboxylic acids is 2. The van der Waals surface area contributed by atoms with Crippen molar-refractivity contribution in [3.05, 3.63) is 114 Å². The van der Waals surface area contributed by atoms with E-state index in [2.05, 4.69) is 10.0 Å². The number of benzene rings is 4. The number of nitrogens with one attached hydrogen (secondary N) is 2. The van der Waals surface area contributed by atoms with Crippen LogP contribution in [-0.4, -0.2) is 46.0 Å². The molecule has 9 nitrogen and oxygen atoms in total. The van der Waals surface area contributed by atoms with Crippen molar-refractivity contribution in [2.45, 2.75) is 24.3 Å². The number of nitrogens with zero attached hydrogens (tertiary/aromatic N) is 1. The van der Waals surface area contributed by atoms with Crippen molar-refractivity contribution in [1.29, 1.82) is 0 Å². The molecular weight excluding hydrogens is 554 g/mol. The van der Waals surface area contributed by atoms with Crippen LogP contribution in [0.4, 0.5) is 11.4 Å². The Morgan fingerprint density at radius 1 is 0.929 bits per heavy atom. The van der Waals surface area contributed by atoms with Gasteiger partial charge in [0, 0.05) is 12.2 Å². The Bertz CT molecular complexity index is 1660. The lowest BCUT2D eigenvalue weighted by atomic mass is 10.1. The maximum absolute atomic E-state index is 13.3. The minimum absolute atomic E-state index is 0.0255.